The molecule has 0 fully saturated rings. The van der Waals surface area contributed by atoms with Gasteiger partial charge in [0.1, 0.15) is 11.6 Å². The van der Waals surface area contributed by atoms with Gasteiger partial charge in [-0.25, -0.2) is 9.97 Å². The number of nitrogens with zero attached hydrogens (tertiary/aromatic N) is 5. The fourth-order valence-electron chi connectivity index (χ4n) is 2.87. The Labute approximate surface area is 185 Å². The topological polar surface area (TPSA) is 114 Å². The van der Waals surface area contributed by atoms with Crippen LogP contribution in [0.15, 0.2) is 77.9 Å². The van der Waals surface area contributed by atoms with Gasteiger partial charge in [-0.05, 0) is 58.4 Å². The van der Waals surface area contributed by atoms with E-state index in [2.05, 4.69) is 56.7 Å². The van der Waals surface area contributed by atoms with Gasteiger partial charge in [-0.1, -0.05) is 0 Å². The predicted molar refractivity (Wildman–Crippen MR) is 121 cm³/mol. The number of H-pyrrole nitrogens is 1. The van der Waals surface area contributed by atoms with Gasteiger partial charge in [0.05, 0.1) is 22.4 Å². The zero-order chi connectivity index (χ0) is 21.0. The summed E-state index contributed by atoms with van der Waals surface area (Å²) in [7, 11) is 0. The molecule has 0 unspecified atom stereocenters. The third-order valence-electron chi connectivity index (χ3n) is 4.32. The summed E-state index contributed by atoms with van der Waals surface area (Å²) in [6.07, 6.45) is 8.20. The lowest BCUT2D eigenvalue weighted by molar-refractivity contribution is 0.460. The molecule has 0 atom stereocenters. The van der Waals surface area contributed by atoms with Crippen molar-refractivity contribution in [1.29, 1.82) is 0 Å². The van der Waals surface area contributed by atoms with Crippen molar-refractivity contribution in [2.24, 2.45) is 0 Å². The van der Waals surface area contributed by atoms with Crippen LogP contribution in [0, 0.1) is 0 Å². The lowest BCUT2D eigenvalue weighted by Crippen LogP contribution is -2.01. The molecular weight excluding hydrogens is 460 g/mol. The fourth-order valence-corrected chi connectivity index (χ4v) is 3.16. The highest BCUT2D eigenvalue weighted by molar-refractivity contribution is 9.10. The number of ether oxygens (including phenoxy) is 1. The summed E-state index contributed by atoms with van der Waals surface area (Å²) >= 11 is 3.49. The van der Waals surface area contributed by atoms with Crippen molar-refractivity contribution in [1.82, 2.24) is 30.1 Å². The van der Waals surface area contributed by atoms with Crippen LogP contribution in [0.1, 0.15) is 0 Å². The van der Waals surface area contributed by atoms with Crippen LogP contribution in [0.4, 0.5) is 23.1 Å². The first-order valence-corrected chi connectivity index (χ1v) is 10.1. The first-order chi connectivity index (χ1) is 15.2. The molecule has 31 heavy (non-hydrogen) atoms. The van der Waals surface area contributed by atoms with Crippen LogP contribution in [0.5, 0.6) is 11.6 Å². The molecule has 0 radical (unpaired) electrons. The van der Waals surface area contributed by atoms with Crippen LogP contribution < -0.4 is 15.4 Å². The zero-order valence-corrected chi connectivity index (χ0v) is 17.5. The standard InChI is InChI=1S/C21H15BrN8O/c22-17-11-25-21(28-15-3-6-18-13(9-15)10-26-30-18)29-20(17)27-14-1-4-16(5-2-14)31-19-12-23-7-8-24-19/h1-12H,(H,26,30)(H2,25,27,28,29). The van der Waals surface area contributed by atoms with Gasteiger partial charge in [0, 0.05) is 35.4 Å². The second kappa shape index (κ2) is 8.36. The van der Waals surface area contributed by atoms with Crippen molar-refractivity contribution in [2.45, 2.75) is 0 Å². The molecule has 0 saturated heterocycles. The number of fused-ring (bicyclic) bond motifs is 1. The molecule has 10 heteroatoms. The summed E-state index contributed by atoms with van der Waals surface area (Å²) in [4.78, 5) is 17.0. The van der Waals surface area contributed by atoms with Crippen LogP contribution in [0.3, 0.4) is 0 Å². The van der Waals surface area contributed by atoms with E-state index in [4.69, 9.17) is 4.74 Å². The summed E-state index contributed by atoms with van der Waals surface area (Å²) in [5, 5.41) is 14.5. The molecule has 0 aliphatic heterocycles. The van der Waals surface area contributed by atoms with Gasteiger partial charge in [0.25, 0.3) is 0 Å². The fraction of sp³-hybridized carbons (Fsp3) is 0. The number of aromatic amines is 1. The Morgan fingerprint density at radius 1 is 0.871 bits per heavy atom. The van der Waals surface area contributed by atoms with Gasteiger partial charge >= 0.3 is 0 Å². The number of hydrogen-bond acceptors (Lipinski definition) is 8. The number of rotatable bonds is 6. The Morgan fingerprint density at radius 2 is 1.74 bits per heavy atom. The van der Waals surface area contributed by atoms with Gasteiger partial charge < -0.3 is 15.4 Å². The minimum Gasteiger partial charge on any atom is -0.438 e. The molecule has 9 nitrogen and oxygen atoms in total. The summed E-state index contributed by atoms with van der Waals surface area (Å²) in [6.45, 7) is 0. The summed E-state index contributed by atoms with van der Waals surface area (Å²) in [6, 6.07) is 13.3. The molecule has 0 aliphatic rings. The Hall–Kier alpha value is -4.05. The van der Waals surface area contributed by atoms with Crippen molar-refractivity contribution in [2.75, 3.05) is 10.6 Å². The number of nitrogens with one attached hydrogen (secondary N) is 3. The number of halogens is 1. The van der Waals surface area contributed by atoms with Gasteiger partial charge in [0.2, 0.25) is 11.8 Å². The van der Waals surface area contributed by atoms with E-state index in [1.54, 1.807) is 31.0 Å². The highest BCUT2D eigenvalue weighted by atomic mass is 79.9. The van der Waals surface area contributed by atoms with Gasteiger partial charge in [-0.3, -0.25) is 10.1 Å². The van der Waals surface area contributed by atoms with Crippen LogP contribution in [-0.4, -0.2) is 30.1 Å². The van der Waals surface area contributed by atoms with E-state index in [1.165, 1.54) is 0 Å². The number of hydrogen-bond donors (Lipinski definition) is 3. The second-order valence-electron chi connectivity index (χ2n) is 6.48. The van der Waals surface area contributed by atoms with E-state index >= 15 is 0 Å². The van der Waals surface area contributed by atoms with Crippen molar-refractivity contribution in [3.8, 4) is 11.6 Å². The van der Waals surface area contributed by atoms with E-state index in [1.807, 2.05) is 42.5 Å². The van der Waals surface area contributed by atoms with Gasteiger partial charge in [-0.15, -0.1) is 0 Å². The highest BCUT2D eigenvalue weighted by Gasteiger charge is 2.08. The molecule has 152 valence electrons. The molecule has 0 spiro atoms. The van der Waals surface area contributed by atoms with E-state index in [-0.39, 0.29) is 0 Å². The molecule has 0 aliphatic carbocycles. The largest absolute Gasteiger partial charge is 0.438 e. The van der Waals surface area contributed by atoms with E-state index in [0.717, 1.165) is 26.8 Å². The molecule has 3 heterocycles. The van der Waals surface area contributed by atoms with Crippen molar-refractivity contribution < 1.29 is 4.74 Å². The predicted octanol–water partition coefficient (Wildman–Crippen LogP) is 5.18. The maximum atomic E-state index is 5.66. The third kappa shape index (κ3) is 4.43. The molecular formula is C21H15BrN8O. The molecule has 0 amide bonds. The van der Waals surface area contributed by atoms with Gasteiger partial charge in [0.15, 0.2) is 0 Å². The number of anilines is 4. The molecule has 0 saturated carbocycles. The second-order valence-corrected chi connectivity index (χ2v) is 7.34. The maximum absolute atomic E-state index is 5.66. The number of aromatic nitrogens is 6. The third-order valence-corrected chi connectivity index (χ3v) is 4.90. The first-order valence-electron chi connectivity index (χ1n) is 9.27. The normalized spacial score (nSPS) is 10.7. The van der Waals surface area contributed by atoms with E-state index in [0.29, 0.717) is 23.4 Å². The monoisotopic (exact) mass is 474 g/mol. The molecule has 5 rings (SSSR count). The van der Waals surface area contributed by atoms with Gasteiger partial charge in [-0.2, -0.15) is 10.1 Å². The lowest BCUT2D eigenvalue weighted by Gasteiger charge is -2.11. The Morgan fingerprint density at radius 3 is 2.58 bits per heavy atom. The van der Waals surface area contributed by atoms with Crippen LogP contribution in [0.2, 0.25) is 0 Å². The van der Waals surface area contributed by atoms with Crippen LogP contribution in [0.25, 0.3) is 10.9 Å². The summed E-state index contributed by atoms with van der Waals surface area (Å²) in [5.41, 5.74) is 2.68. The Balaban J connectivity index is 1.31. The minimum atomic E-state index is 0.436. The molecule has 3 N–H and O–H groups in total. The smallest absolute Gasteiger partial charge is 0.237 e. The van der Waals surface area contributed by atoms with Crippen LogP contribution in [-0.2, 0) is 0 Å². The highest BCUT2D eigenvalue weighted by Crippen LogP contribution is 2.27. The van der Waals surface area contributed by atoms with Crippen LogP contribution >= 0.6 is 15.9 Å². The Kier molecular flexibility index (Phi) is 5.11. The summed E-state index contributed by atoms with van der Waals surface area (Å²) < 4.78 is 6.40. The molecule has 2 aromatic carbocycles. The van der Waals surface area contributed by atoms with Crippen molar-refractivity contribution >= 4 is 50.0 Å². The molecule has 3 aromatic heterocycles. The lowest BCUT2D eigenvalue weighted by atomic mass is 10.2. The van der Waals surface area contributed by atoms with E-state index < -0.39 is 0 Å². The summed E-state index contributed by atoms with van der Waals surface area (Å²) in [5.74, 6) is 2.19. The maximum Gasteiger partial charge on any atom is 0.237 e. The quantitative estimate of drug-likeness (QED) is 0.308. The first kappa shape index (κ1) is 18.9. The molecule has 0 bridgehead atoms. The molecule has 5 aromatic rings. The number of benzene rings is 2. The minimum absolute atomic E-state index is 0.436. The Bertz CT molecular complexity index is 1320. The van der Waals surface area contributed by atoms with E-state index in [9.17, 15) is 0 Å². The average Bonchev–Trinajstić information content (AvgIpc) is 3.26. The zero-order valence-electron chi connectivity index (χ0n) is 16.0. The average molecular weight is 475 g/mol. The van der Waals surface area contributed by atoms with Crippen molar-refractivity contribution in [3.63, 3.8) is 0 Å². The van der Waals surface area contributed by atoms with Crippen molar-refractivity contribution in [3.05, 3.63) is 77.9 Å². The SMILES string of the molecule is Brc1cnc(Nc2ccc3[nH]ncc3c2)nc1Nc1ccc(Oc2cnccn2)cc1.